The van der Waals surface area contributed by atoms with E-state index < -0.39 is 7.82 Å². The summed E-state index contributed by atoms with van der Waals surface area (Å²) in [5.74, 6) is 0.0211. The predicted octanol–water partition coefficient (Wildman–Crippen LogP) is 4.33. The third kappa shape index (κ3) is 5.62. The van der Waals surface area contributed by atoms with Gasteiger partial charge in [-0.15, -0.1) is 0 Å². The Balaban J connectivity index is 1.62. The van der Waals surface area contributed by atoms with Crippen LogP contribution in [0.5, 0.6) is 0 Å². The van der Waals surface area contributed by atoms with Gasteiger partial charge in [0.15, 0.2) is 11.5 Å². The Morgan fingerprint density at radius 2 is 1.79 bits per heavy atom. The van der Waals surface area contributed by atoms with Crippen LogP contribution in [0.15, 0.2) is 42.6 Å². The summed E-state index contributed by atoms with van der Waals surface area (Å²) in [5.41, 5.74) is 1.70. The minimum Gasteiger partial charge on any atom is -0.305 e. The third-order valence-corrected chi connectivity index (χ3v) is 5.50. The first-order valence-electron chi connectivity index (χ1n) is 8.88. The first kappa shape index (κ1) is 21.4. The van der Waals surface area contributed by atoms with Crippen LogP contribution in [0, 0.1) is 0 Å². The molecule has 0 aliphatic heterocycles. The number of halogens is 1. The molecule has 0 bridgehead atoms. The maximum absolute atomic E-state index is 12.4. The van der Waals surface area contributed by atoms with Crippen LogP contribution < -0.4 is 5.32 Å². The van der Waals surface area contributed by atoms with Crippen molar-refractivity contribution in [2.24, 2.45) is 0 Å². The summed E-state index contributed by atoms with van der Waals surface area (Å²) >= 11 is 5.84. The molecule has 1 aromatic carbocycles. The van der Waals surface area contributed by atoms with Crippen LogP contribution >= 0.6 is 19.4 Å². The number of anilines is 1. The minimum absolute atomic E-state index is 0.0258. The summed E-state index contributed by atoms with van der Waals surface area (Å²) in [4.78, 5) is 16.7. The van der Waals surface area contributed by atoms with Crippen LogP contribution in [0.25, 0.3) is 5.65 Å². The predicted molar refractivity (Wildman–Crippen MR) is 108 cm³/mol. The van der Waals surface area contributed by atoms with Crippen LogP contribution in [-0.4, -0.2) is 33.7 Å². The first-order chi connectivity index (χ1) is 13.9. The average molecular weight is 439 g/mol. The molecule has 0 unspecified atom stereocenters. The number of phosphoric acid groups is 1. The highest BCUT2D eigenvalue weighted by Crippen LogP contribution is 2.49. The summed E-state index contributed by atoms with van der Waals surface area (Å²) in [6, 6.07) is 9.97. The molecule has 3 aromatic rings. The molecule has 0 spiro atoms. The molecule has 0 aliphatic rings. The van der Waals surface area contributed by atoms with Gasteiger partial charge in [-0.05, 0) is 43.7 Å². The largest absolute Gasteiger partial charge is 0.475 e. The Kier molecular flexibility index (Phi) is 7.00. The highest BCUT2D eigenvalue weighted by atomic mass is 35.5. The first-order valence-corrected chi connectivity index (χ1v) is 10.7. The van der Waals surface area contributed by atoms with Crippen molar-refractivity contribution in [1.29, 1.82) is 0 Å². The molecule has 3 rings (SSSR count). The van der Waals surface area contributed by atoms with E-state index >= 15 is 0 Å². The van der Waals surface area contributed by atoms with Gasteiger partial charge in [0.05, 0.1) is 26.0 Å². The molecular formula is C18H20ClN4O5P. The monoisotopic (exact) mass is 438 g/mol. The summed E-state index contributed by atoms with van der Waals surface area (Å²) in [6.07, 6.45) is 1.57. The van der Waals surface area contributed by atoms with E-state index in [1.807, 2.05) is 0 Å². The maximum atomic E-state index is 12.4. The summed E-state index contributed by atoms with van der Waals surface area (Å²) < 4.78 is 29.3. The van der Waals surface area contributed by atoms with Gasteiger partial charge >= 0.3 is 7.82 Å². The lowest BCUT2D eigenvalue weighted by Gasteiger charge is -2.16. The van der Waals surface area contributed by atoms with Crippen LogP contribution in [0.4, 0.5) is 5.82 Å². The second-order valence-electron chi connectivity index (χ2n) is 5.79. The molecule has 0 saturated heterocycles. The van der Waals surface area contributed by atoms with Crippen molar-refractivity contribution in [3.05, 3.63) is 58.9 Å². The van der Waals surface area contributed by atoms with E-state index in [2.05, 4.69) is 15.4 Å². The van der Waals surface area contributed by atoms with Gasteiger partial charge < -0.3 is 5.32 Å². The van der Waals surface area contributed by atoms with Gasteiger partial charge in [-0.2, -0.15) is 5.10 Å². The van der Waals surface area contributed by atoms with Crippen molar-refractivity contribution in [3.63, 3.8) is 0 Å². The molecule has 0 fully saturated rings. The number of amides is 1. The number of fused-ring (bicyclic) bond motifs is 1. The Bertz CT molecular complexity index is 1030. The molecule has 154 valence electrons. The van der Waals surface area contributed by atoms with E-state index in [4.69, 9.17) is 25.2 Å². The molecule has 2 heterocycles. The third-order valence-electron chi connectivity index (χ3n) is 3.71. The van der Waals surface area contributed by atoms with Crippen LogP contribution in [0.3, 0.4) is 0 Å². The fourth-order valence-electron chi connectivity index (χ4n) is 2.44. The lowest BCUT2D eigenvalue weighted by molar-refractivity contribution is 0.102. The summed E-state index contributed by atoms with van der Waals surface area (Å²) in [6.45, 7) is 3.85. The van der Waals surface area contributed by atoms with Gasteiger partial charge in [0.2, 0.25) is 0 Å². The fourth-order valence-corrected chi connectivity index (χ4v) is 3.75. The topological polar surface area (TPSA) is 104 Å². The quantitative estimate of drug-likeness (QED) is 0.496. The maximum Gasteiger partial charge on any atom is 0.475 e. The van der Waals surface area contributed by atoms with Gasteiger partial charge in [-0.25, -0.2) is 14.1 Å². The van der Waals surface area contributed by atoms with Crippen molar-refractivity contribution >= 4 is 36.8 Å². The second-order valence-corrected chi connectivity index (χ2v) is 7.85. The van der Waals surface area contributed by atoms with Crippen molar-refractivity contribution in [1.82, 2.24) is 14.6 Å². The minimum atomic E-state index is -3.58. The number of carbonyl (C=O) groups excluding carboxylic acids is 1. The van der Waals surface area contributed by atoms with E-state index in [9.17, 15) is 9.36 Å². The number of benzene rings is 1. The standard InChI is InChI=1S/C18H20ClN4O5P/c1-3-26-29(25,27-4-2)28-12-13-5-7-14(8-6-13)18(24)21-16-11-23-17(20-16)10-9-15(19)22-23/h5-11H,3-4,12H2,1-2H3,(H,21,24). The van der Waals surface area contributed by atoms with Crippen LogP contribution in [0.2, 0.25) is 5.15 Å². The van der Waals surface area contributed by atoms with E-state index in [0.29, 0.717) is 27.7 Å². The zero-order valence-electron chi connectivity index (χ0n) is 15.9. The number of aromatic nitrogens is 3. The summed E-state index contributed by atoms with van der Waals surface area (Å²) in [5, 5.41) is 7.10. The molecule has 2 aromatic heterocycles. The van der Waals surface area contributed by atoms with E-state index in [0.717, 1.165) is 0 Å². The molecule has 11 heteroatoms. The number of nitrogens with zero attached hydrogens (tertiary/aromatic N) is 3. The van der Waals surface area contributed by atoms with Gasteiger partial charge in [0.1, 0.15) is 5.15 Å². The molecule has 1 amide bonds. The van der Waals surface area contributed by atoms with Crippen molar-refractivity contribution in [2.75, 3.05) is 18.5 Å². The van der Waals surface area contributed by atoms with E-state index in [-0.39, 0.29) is 25.7 Å². The Labute approximate surface area is 172 Å². The second kappa shape index (κ2) is 9.47. The summed E-state index contributed by atoms with van der Waals surface area (Å²) in [7, 11) is -3.58. The van der Waals surface area contributed by atoms with E-state index in [1.54, 1.807) is 56.4 Å². The molecule has 0 radical (unpaired) electrons. The molecule has 29 heavy (non-hydrogen) atoms. The highest BCUT2D eigenvalue weighted by Gasteiger charge is 2.25. The smallest absolute Gasteiger partial charge is 0.305 e. The van der Waals surface area contributed by atoms with Crippen molar-refractivity contribution < 1.29 is 22.9 Å². The van der Waals surface area contributed by atoms with Crippen molar-refractivity contribution in [2.45, 2.75) is 20.5 Å². The molecule has 0 atom stereocenters. The molecule has 1 N–H and O–H groups in total. The fraction of sp³-hybridized carbons (Fsp3) is 0.278. The zero-order valence-corrected chi connectivity index (χ0v) is 17.5. The zero-order chi connectivity index (χ0) is 20.9. The van der Waals surface area contributed by atoms with E-state index in [1.165, 1.54) is 4.52 Å². The highest BCUT2D eigenvalue weighted by molar-refractivity contribution is 7.48. The lowest BCUT2D eigenvalue weighted by Crippen LogP contribution is -2.12. The number of carbonyl (C=O) groups is 1. The SMILES string of the molecule is CCOP(=O)(OCC)OCc1ccc(C(=O)Nc2cn3nc(Cl)ccc3n2)cc1. The van der Waals surface area contributed by atoms with Gasteiger partial charge in [-0.1, -0.05) is 23.7 Å². The normalized spacial score (nSPS) is 11.7. The Hall–Kier alpha value is -2.29. The van der Waals surface area contributed by atoms with Gasteiger partial charge in [-0.3, -0.25) is 18.4 Å². The number of imidazole rings is 1. The van der Waals surface area contributed by atoms with Gasteiger partial charge in [0.25, 0.3) is 5.91 Å². The number of hydrogen-bond acceptors (Lipinski definition) is 7. The Morgan fingerprint density at radius 1 is 1.10 bits per heavy atom. The lowest BCUT2D eigenvalue weighted by atomic mass is 10.1. The van der Waals surface area contributed by atoms with Crippen LogP contribution in [0.1, 0.15) is 29.8 Å². The van der Waals surface area contributed by atoms with Gasteiger partial charge in [0, 0.05) is 5.56 Å². The van der Waals surface area contributed by atoms with Crippen molar-refractivity contribution in [3.8, 4) is 0 Å². The molecule has 0 saturated carbocycles. The molecular weight excluding hydrogens is 419 g/mol. The number of rotatable bonds is 9. The Morgan fingerprint density at radius 3 is 2.45 bits per heavy atom. The number of hydrogen-bond donors (Lipinski definition) is 1. The molecule has 9 nitrogen and oxygen atoms in total. The van der Waals surface area contributed by atoms with Crippen LogP contribution in [-0.2, 0) is 24.7 Å². The molecule has 0 aliphatic carbocycles. The number of phosphoric ester groups is 1. The number of nitrogens with one attached hydrogen (secondary N) is 1. The average Bonchev–Trinajstić information content (AvgIpc) is 3.08.